The minimum Gasteiger partial charge on any atom is -0.507 e. The molecule has 1 aliphatic rings. The number of non-ortho nitro benzene ring substituents is 1. The van der Waals surface area contributed by atoms with Crippen molar-refractivity contribution in [3.63, 3.8) is 0 Å². The molecule has 3 aromatic rings. The third kappa shape index (κ3) is 3.97. The summed E-state index contributed by atoms with van der Waals surface area (Å²) in [5.74, 6) is -2.50. The van der Waals surface area contributed by atoms with E-state index in [1.807, 2.05) is 19.0 Å². The van der Waals surface area contributed by atoms with Crippen molar-refractivity contribution in [2.45, 2.75) is 6.04 Å². The molecule has 1 atom stereocenters. The van der Waals surface area contributed by atoms with Gasteiger partial charge in [0.15, 0.2) is 0 Å². The Hall–Kier alpha value is -4.24. The second-order valence-corrected chi connectivity index (χ2v) is 8.33. The lowest BCUT2D eigenvalue weighted by molar-refractivity contribution is -0.384. The fraction of sp³-hybridized carbons (Fsp3) is 0.200. The van der Waals surface area contributed by atoms with Gasteiger partial charge in [0.25, 0.3) is 17.4 Å². The maximum Gasteiger partial charge on any atom is 0.295 e. The molecule has 9 heteroatoms. The second kappa shape index (κ2) is 8.95. The Kier molecular flexibility index (Phi) is 6.04. The van der Waals surface area contributed by atoms with Crippen molar-refractivity contribution in [2.75, 3.05) is 27.2 Å². The number of nitro benzene ring substituents is 1. The number of rotatable bonds is 6. The predicted octanol–water partition coefficient (Wildman–Crippen LogP) is 3.44. The highest BCUT2D eigenvalue weighted by Crippen LogP contribution is 2.42. The highest BCUT2D eigenvalue weighted by Gasteiger charge is 2.46. The fourth-order valence-electron chi connectivity index (χ4n) is 4.16. The minimum absolute atomic E-state index is 0.000240. The maximum absolute atomic E-state index is 13.1. The molecule has 1 aliphatic heterocycles. The molecule has 2 N–H and O–H groups in total. The van der Waals surface area contributed by atoms with Gasteiger partial charge in [-0.3, -0.25) is 19.7 Å². The molecule has 0 bridgehead atoms. The van der Waals surface area contributed by atoms with Crippen LogP contribution in [0.5, 0.6) is 5.75 Å². The van der Waals surface area contributed by atoms with Gasteiger partial charge in [0.2, 0.25) is 0 Å². The standard InChI is InChI=1S/C25H23N3O6/c1-26(2)12-13-27-21(16-7-5-8-17(14-16)28(33)34)20(24(31)25(27)32)23(30)19-11-10-15-6-3-4-9-18(15)22(19)29/h3-11,14,21,29-30H,12-13H2,1-2H3/b23-20-. The van der Waals surface area contributed by atoms with Gasteiger partial charge in [-0.05, 0) is 31.1 Å². The molecular weight excluding hydrogens is 438 g/mol. The van der Waals surface area contributed by atoms with Crippen molar-refractivity contribution >= 4 is 33.9 Å². The van der Waals surface area contributed by atoms with Crippen LogP contribution in [-0.2, 0) is 9.59 Å². The smallest absolute Gasteiger partial charge is 0.295 e. The number of likely N-dealkylation sites (tertiary alicyclic amines) is 1. The number of likely N-dealkylation sites (N-methyl/N-ethyl adjacent to an activating group) is 1. The van der Waals surface area contributed by atoms with Gasteiger partial charge in [-0.25, -0.2) is 0 Å². The van der Waals surface area contributed by atoms with Crippen LogP contribution in [0.3, 0.4) is 0 Å². The molecule has 0 aliphatic carbocycles. The van der Waals surface area contributed by atoms with E-state index >= 15 is 0 Å². The molecule has 3 aromatic carbocycles. The largest absolute Gasteiger partial charge is 0.507 e. The van der Waals surface area contributed by atoms with E-state index in [4.69, 9.17) is 0 Å². The molecule has 0 saturated carbocycles. The highest BCUT2D eigenvalue weighted by molar-refractivity contribution is 6.46. The molecule has 0 radical (unpaired) electrons. The molecule has 1 amide bonds. The Morgan fingerprint density at radius 2 is 1.82 bits per heavy atom. The zero-order valence-electron chi connectivity index (χ0n) is 18.6. The Morgan fingerprint density at radius 1 is 1.09 bits per heavy atom. The number of nitrogens with zero attached hydrogens (tertiary/aromatic N) is 3. The van der Waals surface area contributed by atoms with Crippen LogP contribution in [0.25, 0.3) is 16.5 Å². The molecule has 4 rings (SSSR count). The van der Waals surface area contributed by atoms with Crippen molar-refractivity contribution in [1.29, 1.82) is 0 Å². The Bertz CT molecular complexity index is 1350. The van der Waals surface area contributed by atoms with Gasteiger partial charge < -0.3 is 20.0 Å². The van der Waals surface area contributed by atoms with Crippen molar-refractivity contribution in [1.82, 2.24) is 9.80 Å². The molecule has 1 unspecified atom stereocenters. The summed E-state index contributed by atoms with van der Waals surface area (Å²) >= 11 is 0. The number of amides is 1. The topological polar surface area (TPSA) is 124 Å². The normalized spacial score (nSPS) is 17.6. The number of nitro groups is 1. The van der Waals surface area contributed by atoms with Gasteiger partial charge in [0.05, 0.1) is 22.1 Å². The number of phenolic OH excluding ortho intramolecular Hbond substituents is 1. The monoisotopic (exact) mass is 461 g/mol. The number of aliphatic hydroxyl groups is 1. The van der Waals surface area contributed by atoms with Crippen molar-refractivity contribution in [3.8, 4) is 5.75 Å². The lowest BCUT2D eigenvalue weighted by atomic mass is 9.93. The van der Waals surface area contributed by atoms with E-state index in [0.717, 1.165) is 5.39 Å². The highest BCUT2D eigenvalue weighted by atomic mass is 16.6. The average molecular weight is 461 g/mol. The molecule has 0 aromatic heterocycles. The number of aromatic hydroxyl groups is 1. The number of hydrogen-bond acceptors (Lipinski definition) is 7. The van der Waals surface area contributed by atoms with Crippen LogP contribution in [0.4, 0.5) is 5.69 Å². The van der Waals surface area contributed by atoms with Crippen LogP contribution in [0.15, 0.2) is 66.2 Å². The zero-order valence-corrected chi connectivity index (χ0v) is 18.6. The summed E-state index contributed by atoms with van der Waals surface area (Å²) in [5, 5.41) is 34.6. The van der Waals surface area contributed by atoms with E-state index in [0.29, 0.717) is 17.5 Å². The van der Waals surface area contributed by atoms with Crippen LogP contribution < -0.4 is 0 Å². The quantitative estimate of drug-likeness (QED) is 0.189. The molecule has 1 saturated heterocycles. The molecule has 34 heavy (non-hydrogen) atoms. The Balaban J connectivity index is 1.93. The molecule has 9 nitrogen and oxygen atoms in total. The van der Waals surface area contributed by atoms with Crippen molar-refractivity contribution in [2.24, 2.45) is 0 Å². The van der Waals surface area contributed by atoms with E-state index in [1.54, 1.807) is 36.4 Å². The van der Waals surface area contributed by atoms with Crippen LogP contribution >= 0.6 is 0 Å². The first-order chi connectivity index (χ1) is 16.2. The van der Waals surface area contributed by atoms with Crippen molar-refractivity contribution in [3.05, 3.63) is 87.5 Å². The number of ketones is 1. The van der Waals surface area contributed by atoms with Gasteiger partial charge in [0, 0.05) is 30.6 Å². The van der Waals surface area contributed by atoms with Crippen LogP contribution in [0, 0.1) is 10.1 Å². The molecule has 0 spiro atoms. The van der Waals surface area contributed by atoms with E-state index in [-0.39, 0.29) is 29.1 Å². The van der Waals surface area contributed by atoms with Gasteiger partial charge in [-0.2, -0.15) is 0 Å². The number of aliphatic hydroxyl groups excluding tert-OH is 1. The fourth-order valence-corrected chi connectivity index (χ4v) is 4.16. The van der Waals surface area contributed by atoms with Gasteiger partial charge in [-0.1, -0.05) is 42.5 Å². The zero-order chi connectivity index (χ0) is 24.6. The van der Waals surface area contributed by atoms with Gasteiger partial charge in [0.1, 0.15) is 11.5 Å². The predicted molar refractivity (Wildman–Crippen MR) is 126 cm³/mol. The number of fused-ring (bicyclic) bond motifs is 1. The summed E-state index contributed by atoms with van der Waals surface area (Å²) in [6.07, 6.45) is 0. The number of carbonyl (C=O) groups is 2. The van der Waals surface area contributed by atoms with E-state index < -0.39 is 28.4 Å². The SMILES string of the molecule is CN(C)CCN1C(=O)C(=O)/C(=C(\O)c2ccc3ccccc3c2O)C1c1cccc([N+](=O)[O-])c1. The molecular formula is C25H23N3O6. The van der Waals surface area contributed by atoms with E-state index in [1.165, 1.54) is 29.2 Å². The van der Waals surface area contributed by atoms with Crippen molar-refractivity contribution < 1.29 is 24.7 Å². The maximum atomic E-state index is 13.1. The molecule has 1 fully saturated rings. The van der Waals surface area contributed by atoms with Crippen LogP contribution in [-0.4, -0.2) is 63.8 Å². The number of hydrogen-bond donors (Lipinski definition) is 2. The molecule has 174 valence electrons. The number of benzene rings is 3. The first-order valence-electron chi connectivity index (χ1n) is 10.6. The summed E-state index contributed by atoms with van der Waals surface area (Å²) in [6, 6.07) is 14.8. The summed E-state index contributed by atoms with van der Waals surface area (Å²) in [6.45, 7) is 0.588. The first-order valence-corrected chi connectivity index (χ1v) is 10.6. The van der Waals surface area contributed by atoms with E-state index in [9.17, 15) is 29.9 Å². The van der Waals surface area contributed by atoms with Crippen LogP contribution in [0.1, 0.15) is 17.2 Å². The second-order valence-electron chi connectivity index (χ2n) is 8.33. The lowest BCUT2D eigenvalue weighted by Crippen LogP contribution is -2.35. The number of Topliss-reactive ketones (excluding diaryl/α,β-unsaturated/α-hetero) is 1. The van der Waals surface area contributed by atoms with E-state index in [2.05, 4.69) is 0 Å². The first kappa shape index (κ1) is 22.9. The van der Waals surface area contributed by atoms with Gasteiger partial charge >= 0.3 is 0 Å². The summed E-state index contributed by atoms with van der Waals surface area (Å²) in [4.78, 5) is 40.0. The third-order valence-corrected chi connectivity index (χ3v) is 5.88. The summed E-state index contributed by atoms with van der Waals surface area (Å²) in [5.41, 5.74) is -0.118. The number of phenols is 1. The summed E-state index contributed by atoms with van der Waals surface area (Å²) < 4.78 is 0. The van der Waals surface area contributed by atoms with Crippen LogP contribution in [0.2, 0.25) is 0 Å². The molecule has 1 heterocycles. The number of carbonyl (C=O) groups excluding carboxylic acids is 2. The van der Waals surface area contributed by atoms with Gasteiger partial charge in [-0.15, -0.1) is 0 Å². The lowest BCUT2D eigenvalue weighted by Gasteiger charge is -2.26. The average Bonchev–Trinajstić information content (AvgIpc) is 3.07. The third-order valence-electron chi connectivity index (χ3n) is 5.88. The summed E-state index contributed by atoms with van der Waals surface area (Å²) in [7, 11) is 3.62. The minimum atomic E-state index is -1.05. The Labute approximate surface area is 195 Å². The Morgan fingerprint density at radius 3 is 2.53 bits per heavy atom.